The van der Waals surface area contributed by atoms with Crippen LogP contribution >= 0.6 is 0 Å². The molecule has 3 heteroatoms. The molecular weight excluding hydrogens is 154 g/mol. The highest BCUT2D eigenvalue weighted by atomic mass is 16.5. The second-order valence-electron chi connectivity index (χ2n) is 3.09. The van der Waals surface area contributed by atoms with Crippen LogP contribution in [0.1, 0.15) is 12.5 Å². The molecule has 0 saturated carbocycles. The molecule has 0 bridgehead atoms. The first-order chi connectivity index (χ1) is 5.49. The lowest BCUT2D eigenvalue weighted by Gasteiger charge is -2.16. The Morgan fingerprint density at radius 3 is 2.42 bits per heavy atom. The van der Waals surface area contributed by atoms with Crippen LogP contribution in [-0.4, -0.2) is 16.0 Å². The highest BCUT2D eigenvalue weighted by Crippen LogP contribution is 2.16. The topological polar surface area (TPSA) is 66.5 Å². The van der Waals surface area contributed by atoms with Crippen LogP contribution in [0, 0.1) is 0 Å². The molecule has 66 valence electrons. The van der Waals surface area contributed by atoms with Gasteiger partial charge in [0.05, 0.1) is 0 Å². The number of anilines is 1. The molecule has 1 rings (SSSR count). The molecule has 0 aliphatic heterocycles. The van der Waals surface area contributed by atoms with Crippen molar-refractivity contribution < 1.29 is 10.2 Å². The molecule has 0 fully saturated rings. The van der Waals surface area contributed by atoms with Crippen molar-refractivity contribution in [1.82, 2.24) is 0 Å². The van der Waals surface area contributed by atoms with Crippen molar-refractivity contribution in [3.8, 4) is 0 Å². The van der Waals surface area contributed by atoms with Gasteiger partial charge in [0.25, 0.3) is 0 Å². The number of nitrogens with two attached hydrogens (primary N) is 1. The fraction of sp³-hybridized carbons (Fsp3) is 0.333. The Balaban J connectivity index is 2.83. The third-order valence-corrected chi connectivity index (χ3v) is 1.58. The summed E-state index contributed by atoms with van der Waals surface area (Å²) in [6.07, 6.45) is 0.152. The van der Waals surface area contributed by atoms with Crippen LogP contribution < -0.4 is 5.73 Å². The molecule has 0 saturated heterocycles. The lowest BCUT2D eigenvalue weighted by atomic mass is 10.1. The van der Waals surface area contributed by atoms with E-state index in [4.69, 9.17) is 15.9 Å². The summed E-state index contributed by atoms with van der Waals surface area (Å²) in [4.78, 5) is 0. The summed E-state index contributed by atoms with van der Waals surface area (Å²) in [5.41, 5.74) is 6.95. The summed E-state index contributed by atoms with van der Waals surface area (Å²) in [5, 5.41) is 18.2. The zero-order chi connectivity index (χ0) is 9.19. The van der Waals surface area contributed by atoms with E-state index in [0.717, 1.165) is 5.56 Å². The number of para-hydroxylation sites is 1. The third-order valence-electron chi connectivity index (χ3n) is 1.58. The molecule has 4 N–H and O–H groups in total. The van der Waals surface area contributed by atoms with Crippen molar-refractivity contribution in [2.24, 2.45) is 0 Å². The van der Waals surface area contributed by atoms with Gasteiger partial charge in [-0.05, 0) is 18.6 Å². The summed E-state index contributed by atoms with van der Waals surface area (Å²) >= 11 is 0. The number of benzene rings is 1. The van der Waals surface area contributed by atoms with Crippen molar-refractivity contribution >= 4 is 5.69 Å². The van der Waals surface area contributed by atoms with Gasteiger partial charge in [0, 0.05) is 12.1 Å². The minimum absolute atomic E-state index is 0.152. The van der Waals surface area contributed by atoms with Crippen LogP contribution in [0.15, 0.2) is 24.3 Å². The standard InChI is InChI=1S/C9H13NO2/c1-9(11,12)6-7-4-2-3-5-8(7)10/h2-5,11-12H,6,10H2,1H3. The van der Waals surface area contributed by atoms with E-state index in [1.807, 2.05) is 12.1 Å². The summed E-state index contributed by atoms with van der Waals surface area (Å²) in [5.74, 6) is -1.69. The highest BCUT2D eigenvalue weighted by Gasteiger charge is 2.16. The van der Waals surface area contributed by atoms with Crippen LogP contribution in [0.5, 0.6) is 0 Å². The molecule has 1 aromatic carbocycles. The van der Waals surface area contributed by atoms with Gasteiger partial charge in [0.15, 0.2) is 5.79 Å². The molecule has 0 unspecified atom stereocenters. The first-order valence-corrected chi connectivity index (χ1v) is 3.77. The van der Waals surface area contributed by atoms with Crippen LogP contribution in [0.4, 0.5) is 5.69 Å². The summed E-state index contributed by atoms with van der Waals surface area (Å²) in [6, 6.07) is 7.14. The maximum absolute atomic E-state index is 9.10. The smallest absolute Gasteiger partial charge is 0.163 e. The van der Waals surface area contributed by atoms with Crippen molar-refractivity contribution in [2.75, 3.05) is 5.73 Å². The first-order valence-electron chi connectivity index (χ1n) is 3.77. The van der Waals surface area contributed by atoms with Crippen molar-refractivity contribution in [3.05, 3.63) is 29.8 Å². The molecule has 12 heavy (non-hydrogen) atoms. The van der Waals surface area contributed by atoms with Crippen LogP contribution in [0.3, 0.4) is 0 Å². The van der Waals surface area contributed by atoms with Gasteiger partial charge in [-0.1, -0.05) is 18.2 Å². The van der Waals surface area contributed by atoms with Gasteiger partial charge in [0.1, 0.15) is 0 Å². The maximum atomic E-state index is 9.10. The quantitative estimate of drug-likeness (QED) is 0.444. The van der Waals surface area contributed by atoms with E-state index in [1.54, 1.807) is 12.1 Å². The van der Waals surface area contributed by atoms with E-state index in [9.17, 15) is 0 Å². The minimum Gasteiger partial charge on any atom is -0.399 e. The Labute approximate surface area is 71.5 Å². The monoisotopic (exact) mass is 167 g/mol. The van der Waals surface area contributed by atoms with Crippen molar-refractivity contribution in [2.45, 2.75) is 19.1 Å². The van der Waals surface area contributed by atoms with Gasteiger partial charge in [-0.25, -0.2) is 0 Å². The zero-order valence-corrected chi connectivity index (χ0v) is 6.99. The van der Waals surface area contributed by atoms with Crippen molar-refractivity contribution in [1.29, 1.82) is 0 Å². The van der Waals surface area contributed by atoms with Gasteiger partial charge >= 0.3 is 0 Å². The molecule has 0 amide bonds. The second kappa shape index (κ2) is 3.13. The predicted molar refractivity (Wildman–Crippen MR) is 47.4 cm³/mol. The Morgan fingerprint density at radius 2 is 1.92 bits per heavy atom. The zero-order valence-electron chi connectivity index (χ0n) is 6.99. The van der Waals surface area contributed by atoms with Crippen LogP contribution in [0.2, 0.25) is 0 Å². The summed E-state index contributed by atoms with van der Waals surface area (Å²) in [6.45, 7) is 1.33. The Kier molecular flexibility index (Phi) is 2.35. The molecule has 0 aliphatic carbocycles. The Bertz CT molecular complexity index is 265. The van der Waals surface area contributed by atoms with E-state index < -0.39 is 5.79 Å². The molecule has 0 atom stereocenters. The van der Waals surface area contributed by atoms with E-state index in [0.29, 0.717) is 5.69 Å². The number of rotatable bonds is 2. The van der Waals surface area contributed by atoms with E-state index in [2.05, 4.69) is 0 Å². The molecule has 0 radical (unpaired) electrons. The largest absolute Gasteiger partial charge is 0.399 e. The maximum Gasteiger partial charge on any atom is 0.163 e. The molecule has 0 spiro atoms. The first kappa shape index (κ1) is 9.03. The lowest BCUT2D eigenvalue weighted by molar-refractivity contribution is -0.142. The van der Waals surface area contributed by atoms with Gasteiger partial charge in [-0.15, -0.1) is 0 Å². The second-order valence-corrected chi connectivity index (χ2v) is 3.09. The summed E-state index contributed by atoms with van der Waals surface area (Å²) < 4.78 is 0. The fourth-order valence-corrected chi connectivity index (χ4v) is 1.06. The average Bonchev–Trinajstić information content (AvgIpc) is 1.91. The predicted octanol–water partition coefficient (Wildman–Crippen LogP) is 0.512. The molecule has 1 aromatic rings. The van der Waals surface area contributed by atoms with Gasteiger partial charge in [-0.3, -0.25) is 0 Å². The molecule has 0 heterocycles. The van der Waals surface area contributed by atoms with E-state index >= 15 is 0 Å². The number of hydrogen-bond donors (Lipinski definition) is 3. The molecule has 0 aliphatic rings. The number of hydrogen-bond acceptors (Lipinski definition) is 3. The van der Waals surface area contributed by atoms with Crippen LogP contribution in [0.25, 0.3) is 0 Å². The molecule has 0 aromatic heterocycles. The average molecular weight is 167 g/mol. The lowest BCUT2D eigenvalue weighted by Crippen LogP contribution is -2.26. The van der Waals surface area contributed by atoms with Crippen LogP contribution in [-0.2, 0) is 6.42 Å². The van der Waals surface area contributed by atoms with E-state index in [1.165, 1.54) is 6.92 Å². The Hall–Kier alpha value is -1.06. The number of nitrogen functional groups attached to an aromatic ring is 1. The molecule has 3 nitrogen and oxygen atoms in total. The fourth-order valence-electron chi connectivity index (χ4n) is 1.06. The molecular formula is C9H13NO2. The van der Waals surface area contributed by atoms with Gasteiger partial charge < -0.3 is 15.9 Å². The van der Waals surface area contributed by atoms with Crippen molar-refractivity contribution in [3.63, 3.8) is 0 Å². The minimum atomic E-state index is -1.69. The normalized spacial score (nSPS) is 11.6. The SMILES string of the molecule is CC(O)(O)Cc1ccccc1N. The van der Waals surface area contributed by atoms with E-state index in [-0.39, 0.29) is 6.42 Å². The van der Waals surface area contributed by atoms with Gasteiger partial charge in [0.2, 0.25) is 0 Å². The third kappa shape index (κ3) is 2.53. The summed E-state index contributed by atoms with van der Waals surface area (Å²) in [7, 11) is 0. The number of aliphatic hydroxyl groups is 2. The Morgan fingerprint density at radius 1 is 1.33 bits per heavy atom. The van der Waals surface area contributed by atoms with Gasteiger partial charge in [-0.2, -0.15) is 0 Å². The highest BCUT2D eigenvalue weighted by molar-refractivity contribution is 5.46.